The molecular weight excluding hydrogens is 299 g/mol. The van der Waals surface area contributed by atoms with Crippen LogP contribution in [-0.2, 0) is 17.9 Å². The van der Waals surface area contributed by atoms with Gasteiger partial charge >= 0.3 is 0 Å². The third-order valence-electron chi connectivity index (χ3n) is 4.66. The van der Waals surface area contributed by atoms with Crippen molar-refractivity contribution in [3.8, 4) is 5.75 Å². The SMILES string of the molecule is COc1ccc(F)c(CN2CCC3OCc4cnnn4C3C2)c1. The fourth-order valence-corrected chi connectivity index (χ4v) is 3.43. The molecule has 122 valence electrons. The summed E-state index contributed by atoms with van der Waals surface area (Å²) in [5.74, 6) is 0.477. The number of rotatable bonds is 3. The van der Waals surface area contributed by atoms with Gasteiger partial charge in [-0.1, -0.05) is 5.21 Å². The van der Waals surface area contributed by atoms with E-state index in [2.05, 4.69) is 15.2 Å². The van der Waals surface area contributed by atoms with Gasteiger partial charge in [0.2, 0.25) is 0 Å². The highest BCUT2D eigenvalue weighted by Crippen LogP contribution is 2.31. The molecule has 2 unspecified atom stereocenters. The Hall–Kier alpha value is -1.99. The largest absolute Gasteiger partial charge is 0.497 e. The van der Waals surface area contributed by atoms with Crippen LogP contribution in [0.15, 0.2) is 24.4 Å². The molecule has 1 fully saturated rings. The molecule has 3 heterocycles. The molecule has 0 radical (unpaired) electrons. The molecule has 0 bridgehead atoms. The van der Waals surface area contributed by atoms with E-state index in [4.69, 9.17) is 9.47 Å². The Kier molecular flexibility index (Phi) is 3.74. The van der Waals surface area contributed by atoms with Gasteiger partial charge in [0, 0.05) is 25.2 Å². The minimum absolute atomic E-state index is 0.142. The van der Waals surface area contributed by atoms with Gasteiger partial charge in [0.05, 0.1) is 37.8 Å². The molecule has 0 saturated carbocycles. The molecule has 0 aliphatic carbocycles. The van der Waals surface area contributed by atoms with Crippen molar-refractivity contribution in [2.75, 3.05) is 20.2 Å². The highest BCUT2D eigenvalue weighted by molar-refractivity contribution is 5.29. The van der Waals surface area contributed by atoms with Crippen molar-refractivity contribution in [2.24, 2.45) is 0 Å². The maximum atomic E-state index is 14.0. The van der Waals surface area contributed by atoms with Crippen molar-refractivity contribution in [1.82, 2.24) is 19.9 Å². The summed E-state index contributed by atoms with van der Waals surface area (Å²) < 4.78 is 27.1. The smallest absolute Gasteiger partial charge is 0.127 e. The van der Waals surface area contributed by atoms with E-state index in [0.717, 1.165) is 25.2 Å². The third kappa shape index (κ3) is 2.70. The highest BCUT2D eigenvalue weighted by atomic mass is 19.1. The molecule has 1 aromatic carbocycles. The third-order valence-corrected chi connectivity index (χ3v) is 4.66. The Bertz CT molecular complexity index is 705. The number of piperidine rings is 1. The predicted molar refractivity (Wildman–Crippen MR) is 80.5 cm³/mol. The number of methoxy groups -OCH3 is 1. The summed E-state index contributed by atoms with van der Waals surface area (Å²) >= 11 is 0. The van der Waals surface area contributed by atoms with Crippen LogP contribution in [0.3, 0.4) is 0 Å². The fourth-order valence-electron chi connectivity index (χ4n) is 3.43. The summed E-state index contributed by atoms with van der Waals surface area (Å²) in [7, 11) is 1.59. The van der Waals surface area contributed by atoms with Crippen LogP contribution in [0.4, 0.5) is 4.39 Å². The van der Waals surface area contributed by atoms with E-state index >= 15 is 0 Å². The summed E-state index contributed by atoms with van der Waals surface area (Å²) in [4.78, 5) is 2.24. The number of nitrogens with zero attached hydrogens (tertiary/aromatic N) is 4. The topological polar surface area (TPSA) is 52.4 Å². The Morgan fingerprint density at radius 2 is 2.35 bits per heavy atom. The molecular formula is C16H19FN4O2. The minimum Gasteiger partial charge on any atom is -0.497 e. The van der Waals surface area contributed by atoms with Crippen molar-refractivity contribution in [3.63, 3.8) is 0 Å². The molecule has 0 spiro atoms. The van der Waals surface area contributed by atoms with Crippen LogP contribution in [0, 0.1) is 5.82 Å². The van der Waals surface area contributed by atoms with Crippen LogP contribution in [-0.4, -0.2) is 46.2 Å². The number of hydrogen-bond acceptors (Lipinski definition) is 5. The number of hydrogen-bond donors (Lipinski definition) is 0. The summed E-state index contributed by atoms with van der Waals surface area (Å²) in [5.41, 5.74) is 1.65. The van der Waals surface area contributed by atoms with E-state index in [0.29, 0.717) is 24.5 Å². The molecule has 2 atom stereocenters. The quantitative estimate of drug-likeness (QED) is 0.863. The van der Waals surface area contributed by atoms with Crippen molar-refractivity contribution in [2.45, 2.75) is 31.7 Å². The molecule has 4 rings (SSSR count). The molecule has 7 heteroatoms. The van der Waals surface area contributed by atoms with Gasteiger partial charge in [0.15, 0.2) is 0 Å². The van der Waals surface area contributed by atoms with Crippen molar-refractivity contribution in [3.05, 3.63) is 41.5 Å². The second kappa shape index (κ2) is 5.90. The lowest BCUT2D eigenvalue weighted by Gasteiger charge is -2.41. The zero-order valence-electron chi connectivity index (χ0n) is 13.0. The van der Waals surface area contributed by atoms with Crippen molar-refractivity contribution >= 4 is 0 Å². The van der Waals surface area contributed by atoms with Crippen LogP contribution in [0.5, 0.6) is 5.75 Å². The molecule has 2 aromatic rings. The molecule has 2 aliphatic rings. The first-order chi connectivity index (χ1) is 11.2. The van der Waals surface area contributed by atoms with Gasteiger partial charge in [-0.05, 0) is 24.6 Å². The number of benzene rings is 1. The van der Waals surface area contributed by atoms with Gasteiger partial charge in [-0.3, -0.25) is 4.90 Å². The van der Waals surface area contributed by atoms with Crippen LogP contribution >= 0.6 is 0 Å². The summed E-state index contributed by atoms with van der Waals surface area (Å²) in [6.07, 6.45) is 2.82. The summed E-state index contributed by atoms with van der Waals surface area (Å²) in [6, 6.07) is 5.00. The summed E-state index contributed by atoms with van der Waals surface area (Å²) in [6.45, 7) is 2.77. The predicted octanol–water partition coefficient (Wildman–Crippen LogP) is 1.77. The molecule has 0 amide bonds. The fraction of sp³-hybridized carbons (Fsp3) is 0.500. The molecule has 2 aliphatic heterocycles. The first-order valence-corrected chi connectivity index (χ1v) is 7.80. The van der Waals surface area contributed by atoms with Gasteiger partial charge in [-0.2, -0.15) is 0 Å². The number of ether oxygens (including phenoxy) is 2. The first-order valence-electron chi connectivity index (χ1n) is 7.80. The van der Waals surface area contributed by atoms with E-state index in [1.165, 1.54) is 6.07 Å². The first kappa shape index (κ1) is 14.6. The standard InChI is InChI=1S/C16H19FN4O2/c1-22-13-2-3-14(17)11(6-13)8-20-5-4-16-15(9-20)21-12(10-23-16)7-18-19-21/h2-3,6-7,15-16H,4-5,8-10H2,1H3. The van der Waals surface area contributed by atoms with Gasteiger partial charge in [-0.15, -0.1) is 5.10 Å². The highest BCUT2D eigenvalue weighted by Gasteiger charge is 2.36. The lowest BCUT2D eigenvalue weighted by atomic mass is 9.99. The molecule has 23 heavy (non-hydrogen) atoms. The second-order valence-electron chi connectivity index (χ2n) is 6.07. The number of fused-ring (bicyclic) bond motifs is 3. The Labute approximate surface area is 133 Å². The summed E-state index contributed by atoms with van der Waals surface area (Å²) in [5, 5.41) is 8.17. The molecule has 6 nitrogen and oxygen atoms in total. The van der Waals surface area contributed by atoms with E-state index in [9.17, 15) is 4.39 Å². The van der Waals surface area contributed by atoms with Gasteiger partial charge in [0.25, 0.3) is 0 Å². The number of halogens is 1. The lowest BCUT2D eigenvalue weighted by molar-refractivity contribution is -0.0670. The zero-order chi connectivity index (χ0) is 15.8. The van der Waals surface area contributed by atoms with Gasteiger partial charge in [0.1, 0.15) is 11.6 Å². The maximum Gasteiger partial charge on any atom is 0.127 e. The zero-order valence-corrected chi connectivity index (χ0v) is 13.0. The Morgan fingerprint density at radius 3 is 3.22 bits per heavy atom. The minimum atomic E-state index is -0.200. The maximum absolute atomic E-state index is 14.0. The van der Waals surface area contributed by atoms with Crippen LogP contribution in [0.2, 0.25) is 0 Å². The normalized spacial score (nSPS) is 24.1. The van der Waals surface area contributed by atoms with E-state index in [1.807, 2.05) is 4.68 Å². The average molecular weight is 318 g/mol. The van der Waals surface area contributed by atoms with Crippen molar-refractivity contribution < 1.29 is 13.9 Å². The molecule has 1 saturated heterocycles. The van der Waals surface area contributed by atoms with Crippen LogP contribution < -0.4 is 4.74 Å². The van der Waals surface area contributed by atoms with E-state index in [-0.39, 0.29) is 18.0 Å². The molecule has 1 aromatic heterocycles. The van der Waals surface area contributed by atoms with Gasteiger partial charge < -0.3 is 9.47 Å². The van der Waals surface area contributed by atoms with E-state index in [1.54, 1.807) is 25.4 Å². The second-order valence-corrected chi connectivity index (χ2v) is 6.07. The number of aromatic nitrogens is 3. The van der Waals surface area contributed by atoms with Crippen LogP contribution in [0.25, 0.3) is 0 Å². The van der Waals surface area contributed by atoms with Crippen LogP contribution in [0.1, 0.15) is 23.7 Å². The Balaban J connectivity index is 1.52. The average Bonchev–Trinajstić information content (AvgIpc) is 3.06. The van der Waals surface area contributed by atoms with Gasteiger partial charge in [-0.25, -0.2) is 9.07 Å². The lowest BCUT2D eigenvalue weighted by Crippen LogP contribution is -2.47. The van der Waals surface area contributed by atoms with Crippen molar-refractivity contribution in [1.29, 1.82) is 0 Å². The van der Waals surface area contributed by atoms with E-state index < -0.39 is 0 Å². The molecule has 0 N–H and O–H groups in total. The Morgan fingerprint density at radius 1 is 1.43 bits per heavy atom. The monoisotopic (exact) mass is 318 g/mol. The number of likely N-dealkylation sites (tertiary alicyclic amines) is 1.